The molecule has 1 saturated heterocycles. The molecule has 0 saturated carbocycles. The minimum atomic E-state index is -0.291. The molecule has 1 aromatic carbocycles. The molecule has 1 fully saturated rings. The van der Waals surface area contributed by atoms with Crippen molar-refractivity contribution in [3.05, 3.63) is 48.0 Å². The summed E-state index contributed by atoms with van der Waals surface area (Å²) in [5.74, 6) is 0.117. The highest BCUT2D eigenvalue weighted by Crippen LogP contribution is 2.15. The highest BCUT2D eigenvalue weighted by molar-refractivity contribution is 5.80. The number of piperazine rings is 1. The van der Waals surface area contributed by atoms with Gasteiger partial charge in [-0.2, -0.15) is 5.10 Å². The lowest BCUT2D eigenvalue weighted by atomic mass is 10.1. The van der Waals surface area contributed by atoms with E-state index in [1.165, 1.54) is 17.5 Å². The van der Waals surface area contributed by atoms with Gasteiger partial charge in [-0.05, 0) is 25.0 Å². The van der Waals surface area contributed by atoms with Crippen molar-refractivity contribution in [3.63, 3.8) is 0 Å². The third-order valence-electron chi connectivity index (χ3n) is 4.53. The standard InChI is InChI=1S/C17H23N5O/c1-14-5-3-4-6-16(14)11-20-7-9-21(10-8-20)17(23)15(2)22-13-18-12-19-22/h3-6,12-13,15H,7-11H2,1-2H3/t15-/m1/s1. The van der Waals surface area contributed by atoms with Crippen LogP contribution < -0.4 is 0 Å². The van der Waals surface area contributed by atoms with Crippen molar-refractivity contribution in [1.82, 2.24) is 24.6 Å². The Hall–Kier alpha value is -2.21. The molecule has 1 aromatic heterocycles. The van der Waals surface area contributed by atoms with E-state index in [-0.39, 0.29) is 11.9 Å². The Bertz CT molecular complexity index is 647. The summed E-state index contributed by atoms with van der Waals surface area (Å²) in [5.41, 5.74) is 2.69. The second-order valence-electron chi connectivity index (χ2n) is 6.08. The first kappa shape index (κ1) is 15.7. The molecule has 6 nitrogen and oxygen atoms in total. The number of benzene rings is 1. The molecular weight excluding hydrogens is 290 g/mol. The van der Waals surface area contributed by atoms with Crippen LogP contribution in [0.15, 0.2) is 36.9 Å². The molecule has 0 bridgehead atoms. The smallest absolute Gasteiger partial charge is 0.247 e. The number of hydrogen-bond donors (Lipinski definition) is 0. The van der Waals surface area contributed by atoms with E-state index in [1.807, 2.05) is 11.8 Å². The number of carbonyl (C=O) groups excluding carboxylic acids is 1. The third-order valence-corrected chi connectivity index (χ3v) is 4.53. The Morgan fingerprint density at radius 3 is 2.61 bits per heavy atom. The van der Waals surface area contributed by atoms with E-state index in [0.29, 0.717) is 0 Å². The largest absolute Gasteiger partial charge is 0.338 e. The number of rotatable bonds is 4. The highest BCUT2D eigenvalue weighted by atomic mass is 16.2. The predicted molar refractivity (Wildman–Crippen MR) is 87.8 cm³/mol. The molecule has 0 N–H and O–H groups in total. The van der Waals surface area contributed by atoms with Crippen LogP contribution in [0.1, 0.15) is 24.1 Å². The topological polar surface area (TPSA) is 54.3 Å². The van der Waals surface area contributed by atoms with Crippen molar-refractivity contribution in [3.8, 4) is 0 Å². The van der Waals surface area contributed by atoms with E-state index in [0.717, 1.165) is 32.7 Å². The fourth-order valence-corrected chi connectivity index (χ4v) is 2.95. The molecule has 6 heteroatoms. The molecule has 122 valence electrons. The van der Waals surface area contributed by atoms with E-state index >= 15 is 0 Å². The summed E-state index contributed by atoms with van der Waals surface area (Å²) < 4.78 is 1.61. The van der Waals surface area contributed by atoms with Crippen LogP contribution in [0.5, 0.6) is 0 Å². The minimum Gasteiger partial charge on any atom is -0.338 e. The number of aromatic nitrogens is 3. The molecular formula is C17H23N5O. The molecule has 1 amide bonds. The minimum absolute atomic E-state index is 0.117. The summed E-state index contributed by atoms with van der Waals surface area (Å²) in [6.45, 7) is 8.32. The summed E-state index contributed by atoms with van der Waals surface area (Å²) in [7, 11) is 0. The summed E-state index contributed by atoms with van der Waals surface area (Å²) in [5, 5.41) is 4.06. The van der Waals surface area contributed by atoms with Crippen molar-refractivity contribution >= 4 is 5.91 Å². The molecule has 0 unspecified atom stereocenters. The number of hydrogen-bond acceptors (Lipinski definition) is 4. The Labute approximate surface area is 136 Å². The Morgan fingerprint density at radius 1 is 1.22 bits per heavy atom. The van der Waals surface area contributed by atoms with Crippen LogP contribution in [0.25, 0.3) is 0 Å². The first-order valence-corrected chi connectivity index (χ1v) is 8.05. The van der Waals surface area contributed by atoms with E-state index in [9.17, 15) is 4.79 Å². The molecule has 3 rings (SSSR count). The summed E-state index contributed by atoms with van der Waals surface area (Å²) in [4.78, 5) is 20.8. The van der Waals surface area contributed by atoms with Gasteiger partial charge in [0.2, 0.25) is 5.91 Å². The van der Waals surface area contributed by atoms with Crippen molar-refractivity contribution in [2.75, 3.05) is 26.2 Å². The maximum Gasteiger partial charge on any atom is 0.247 e. The summed E-state index contributed by atoms with van der Waals surface area (Å²) >= 11 is 0. The average Bonchev–Trinajstić information content (AvgIpc) is 3.11. The van der Waals surface area contributed by atoms with Gasteiger partial charge in [0.05, 0.1) is 0 Å². The van der Waals surface area contributed by atoms with Gasteiger partial charge in [0, 0.05) is 32.7 Å². The van der Waals surface area contributed by atoms with E-state index in [1.54, 1.807) is 11.0 Å². The zero-order valence-electron chi connectivity index (χ0n) is 13.7. The van der Waals surface area contributed by atoms with Crippen LogP contribution in [0, 0.1) is 6.92 Å². The van der Waals surface area contributed by atoms with Crippen LogP contribution in [0.2, 0.25) is 0 Å². The first-order valence-electron chi connectivity index (χ1n) is 8.05. The molecule has 23 heavy (non-hydrogen) atoms. The van der Waals surface area contributed by atoms with Crippen LogP contribution in [0.3, 0.4) is 0 Å². The Balaban J connectivity index is 1.54. The Morgan fingerprint density at radius 2 is 1.96 bits per heavy atom. The van der Waals surface area contributed by atoms with Gasteiger partial charge in [-0.15, -0.1) is 0 Å². The lowest BCUT2D eigenvalue weighted by Gasteiger charge is -2.36. The molecule has 1 aliphatic rings. The molecule has 2 aromatic rings. The zero-order valence-corrected chi connectivity index (χ0v) is 13.7. The maximum absolute atomic E-state index is 12.5. The van der Waals surface area contributed by atoms with Crippen molar-refractivity contribution in [2.45, 2.75) is 26.4 Å². The second-order valence-corrected chi connectivity index (χ2v) is 6.08. The molecule has 1 aliphatic heterocycles. The van der Waals surface area contributed by atoms with Crippen molar-refractivity contribution < 1.29 is 4.79 Å². The SMILES string of the molecule is Cc1ccccc1CN1CCN(C(=O)[C@@H](C)n2cncn2)CC1. The van der Waals surface area contributed by atoms with Crippen molar-refractivity contribution in [2.24, 2.45) is 0 Å². The summed E-state index contributed by atoms with van der Waals surface area (Å²) in [6, 6.07) is 8.19. The molecule has 0 spiro atoms. The van der Waals surface area contributed by atoms with E-state index in [2.05, 4.69) is 46.2 Å². The van der Waals surface area contributed by atoms with Crippen LogP contribution in [-0.4, -0.2) is 56.7 Å². The number of carbonyl (C=O) groups is 1. The van der Waals surface area contributed by atoms with E-state index in [4.69, 9.17) is 0 Å². The fraction of sp³-hybridized carbons (Fsp3) is 0.471. The lowest BCUT2D eigenvalue weighted by molar-refractivity contribution is -0.136. The highest BCUT2D eigenvalue weighted by Gasteiger charge is 2.26. The quantitative estimate of drug-likeness (QED) is 0.858. The van der Waals surface area contributed by atoms with Gasteiger partial charge in [-0.25, -0.2) is 9.67 Å². The van der Waals surface area contributed by atoms with E-state index < -0.39 is 0 Å². The molecule has 2 heterocycles. The monoisotopic (exact) mass is 313 g/mol. The number of amides is 1. The zero-order chi connectivity index (χ0) is 16.2. The molecule has 0 aliphatic carbocycles. The predicted octanol–water partition coefficient (Wildman–Crippen LogP) is 1.49. The number of nitrogens with zero attached hydrogens (tertiary/aromatic N) is 5. The lowest BCUT2D eigenvalue weighted by Crippen LogP contribution is -2.50. The fourth-order valence-electron chi connectivity index (χ4n) is 2.95. The van der Waals surface area contributed by atoms with Gasteiger partial charge >= 0.3 is 0 Å². The third kappa shape index (κ3) is 3.59. The summed E-state index contributed by atoms with van der Waals surface area (Å²) in [6.07, 6.45) is 3.06. The van der Waals surface area contributed by atoms with Gasteiger partial charge in [0.15, 0.2) is 0 Å². The van der Waals surface area contributed by atoms with Gasteiger partial charge in [-0.1, -0.05) is 24.3 Å². The molecule has 1 atom stereocenters. The van der Waals surface area contributed by atoms with Crippen LogP contribution >= 0.6 is 0 Å². The van der Waals surface area contributed by atoms with Gasteiger partial charge in [-0.3, -0.25) is 9.69 Å². The average molecular weight is 313 g/mol. The first-order chi connectivity index (χ1) is 11.1. The Kier molecular flexibility index (Phi) is 4.71. The molecule has 0 radical (unpaired) electrons. The van der Waals surface area contributed by atoms with Gasteiger partial charge in [0.25, 0.3) is 0 Å². The number of aryl methyl sites for hydroxylation is 1. The maximum atomic E-state index is 12.5. The van der Waals surface area contributed by atoms with Gasteiger partial charge in [0.1, 0.15) is 18.7 Å². The normalized spacial score (nSPS) is 17.2. The van der Waals surface area contributed by atoms with Crippen LogP contribution in [0.4, 0.5) is 0 Å². The second kappa shape index (κ2) is 6.91. The van der Waals surface area contributed by atoms with Crippen LogP contribution in [-0.2, 0) is 11.3 Å². The van der Waals surface area contributed by atoms with Crippen molar-refractivity contribution in [1.29, 1.82) is 0 Å². The van der Waals surface area contributed by atoms with Gasteiger partial charge < -0.3 is 4.90 Å².